The van der Waals surface area contributed by atoms with Gasteiger partial charge in [0.25, 0.3) is 0 Å². The zero-order chi connectivity index (χ0) is 14.7. The molecule has 3 heteroatoms. The first-order chi connectivity index (χ1) is 9.02. The van der Waals surface area contributed by atoms with E-state index in [-0.39, 0.29) is 0 Å². The predicted molar refractivity (Wildman–Crippen MR) is 79.1 cm³/mol. The Labute approximate surface area is 117 Å². The maximum absolute atomic E-state index is 11.0. The Morgan fingerprint density at radius 2 is 1.79 bits per heavy atom. The van der Waals surface area contributed by atoms with Gasteiger partial charge in [-0.05, 0) is 38.3 Å². The fourth-order valence-electron chi connectivity index (χ4n) is 2.25. The molecule has 1 aromatic heterocycles. The van der Waals surface area contributed by atoms with E-state index in [1.165, 1.54) is 0 Å². The summed E-state index contributed by atoms with van der Waals surface area (Å²) >= 11 is 0. The molecule has 1 rings (SSSR count). The SMILES string of the molecule is CCCC(CC)(CCC)C(=O)O.Cc1ccccn1. The lowest BCUT2D eigenvalue weighted by Gasteiger charge is -2.27. The minimum atomic E-state index is -0.617. The second-order valence-electron chi connectivity index (χ2n) is 4.91. The van der Waals surface area contributed by atoms with Crippen molar-refractivity contribution in [3.8, 4) is 0 Å². The molecule has 0 radical (unpaired) electrons. The summed E-state index contributed by atoms with van der Waals surface area (Å²) in [7, 11) is 0. The summed E-state index contributed by atoms with van der Waals surface area (Å²) in [5.74, 6) is -0.617. The van der Waals surface area contributed by atoms with Crippen LogP contribution in [0.4, 0.5) is 0 Å². The van der Waals surface area contributed by atoms with Crippen LogP contribution < -0.4 is 0 Å². The standard InChI is InChI=1S/C10H20O2.C6H7N/c1-4-7-10(6-3,8-5-2)9(11)12;1-6-4-2-3-5-7-6/h4-8H2,1-3H3,(H,11,12);2-5H,1H3. The molecule has 0 atom stereocenters. The lowest BCUT2D eigenvalue weighted by Crippen LogP contribution is -2.30. The minimum Gasteiger partial charge on any atom is -0.481 e. The van der Waals surface area contributed by atoms with E-state index in [1.54, 1.807) is 6.20 Å². The molecule has 0 spiro atoms. The molecule has 0 saturated heterocycles. The molecule has 0 aliphatic carbocycles. The van der Waals surface area contributed by atoms with Crippen molar-refractivity contribution in [1.29, 1.82) is 0 Å². The zero-order valence-electron chi connectivity index (χ0n) is 12.6. The fourth-order valence-corrected chi connectivity index (χ4v) is 2.25. The molecule has 1 aromatic rings. The van der Waals surface area contributed by atoms with Gasteiger partial charge in [-0.15, -0.1) is 0 Å². The number of pyridine rings is 1. The van der Waals surface area contributed by atoms with Crippen molar-refractivity contribution in [2.24, 2.45) is 5.41 Å². The van der Waals surface area contributed by atoms with Crippen LogP contribution in [0.2, 0.25) is 0 Å². The molecule has 0 aliphatic heterocycles. The number of aryl methyl sites for hydroxylation is 1. The summed E-state index contributed by atoms with van der Waals surface area (Å²) in [4.78, 5) is 15.0. The van der Waals surface area contributed by atoms with E-state index < -0.39 is 11.4 Å². The highest BCUT2D eigenvalue weighted by Crippen LogP contribution is 2.33. The number of aliphatic carboxylic acids is 1. The number of hydrogen-bond acceptors (Lipinski definition) is 2. The molecule has 1 N–H and O–H groups in total. The van der Waals surface area contributed by atoms with Gasteiger partial charge in [-0.2, -0.15) is 0 Å². The highest BCUT2D eigenvalue weighted by molar-refractivity contribution is 5.74. The molecule has 0 aliphatic rings. The van der Waals surface area contributed by atoms with Crippen LogP contribution in [0.25, 0.3) is 0 Å². The van der Waals surface area contributed by atoms with E-state index in [4.69, 9.17) is 5.11 Å². The van der Waals surface area contributed by atoms with Crippen molar-refractivity contribution in [2.45, 2.75) is 59.8 Å². The third kappa shape index (κ3) is 6.37. The van der Waals surface area contributed by atoms with Crippen molar-refractivity contribution in [3.63, 3.8) is 0 Å². The number of rotatable bonds is 6. The highest BCUT2D eigenvalue weighted by Gasteiger charge is 2.34. The smallest absolute Gasteiger partial charge is 0.309 e. The van der Waals surface area contributed by atoms with Crippen molar-refractivity contribution < 1.29 is 9.90 Å². The molecule has 108 valence electrons. The summed E-state index contributed by atoms with van der Waals surface area (Å²) in [5.41, 5.74) is 0.631. The molecular weight excluding hydrogens is 238 g/mol. The van der Waals surface area contributed by atoms with Gasteiger partial charge in [0.2, 0.25) is 0 Å². The van der Waals surface area contributed by atoms with Gasteiger partial charge in [0.1, 0.15) is 0 Å². The zero-order valence-corrected chi connectivity index (χ0v) is 12.6. The van der Waals surface area contributed by atoms with Crippen LogP contribution in [0, 0.1) is 12.3 Å². The Bertz CT molecular complexity index is 343. The first-order valence-corrected chi connectivity index (χ1v) is 7.13. The van der Waals surface area contributed by atoms with Crippen molar-refractivity contribution in [3.05, 3.63) is 30.1 Å². The fraction of sp³-hybridized carbons (Fsp3) is 0.625. The van der Waals surface area contributed by atoms with E-state index in [9.17, 15) is 4.79 Å². The van der Waals surface area contributed by atoms with E-state index >= 15 is 0 Å². The van der Waals surface area contributed by atoms with Crippen molar-refractivity contribution in [2.75, 3.05) is 0 Å². The summed E-state index contributed by atoms with van der Waals surface area (Å²) in [6.07, 6.45) is 6.08. The van der Waals surface area contributed by atoms with Crippen molar-refractivity contribution in [1.82, 2.24) is 4.98 Å². The third-order valence-electron chi connectivity index (χ3n) is 3.40. The second-order valence-corrected chi connectivity index (χ2v) is 4.91. The summed E-state index contributed by atoms with van der Waals surface area (Å²) in [6, 6.07) is 5.86. The average Bonchev–Trinajstić information content (AvgIpc) is 2.39. The number of carbonyl (C=O) groups is 1. The molecule has 0 fully saturated rings. The Morgan fingerprint density at radius 3 is 2.00 bits per heavy atom. The lowest BCUT2D eigenvalue weighted by atomic mass is 9.77. The third-order valence-corrected chi connectivity index (χ3v) is 3.40. The van der Waals surface area contributed by atoms with Crippen LogP contribution in [0.3, 0.4) is 0 Å². The number of carboxylic acids is 1. The van der Waals surface area contributed by atoms with Gasteiger partial charge >= 0.3 is 5.97 Å². The first kappa shape index (κ1) is 17.6. The van der Waals surface area contributed by atoms with Crippen LogP contribution >= 0.6 is 0 Å². The Morgan fingerprint density at radius 1 is 1.21 bits per heavy atom. The second kappa shape index (κ2) is 9.54. The van der Waals surface area contributed by atoms with Gasteiger partial charge in [-0.1, -0.05) is 39.7 Å². The van der Waals surface area contributed by atoms with Gasteiger partial charge in [0, 0.05) is 11.9 Å². The van der Waals surface area contributed by atoms with Crippen LogP contribution in [0.1, 0.15) is 58.6 Å². The number of carboxylic acid groups (broad SMARTS) is 1. The number of aromatic nitrogens is 1. The largest absolute Gasteiger partial charge is 0.481 e. The maximum atomic E-state index is 11.0. The Balaban J connectivity index is 0.000000388. The van der Waals surface area contributed by atoms with Gasteiger partial charge < -0.3 is 5.11 Å². The van der Waals surface area contributed by atoms with Gasteiger partial charge in [-0.3, -0.25) is 9.78 Å². The molecular formula is C16H27NO2. The molecule has 3 nitrogen and oxygen atoms in total. The van der Waals surface area contributed by atoms with Crippen LogP contribution in [0.15, 0.2) is 24.4 Å². The van der Waals surface area contributed by atoms with Gasteiger partial charge in [0.15, 0.2) is 0 Å². The summed E-state index contributed by atoms with van der Waals surface area (Å²) < 4.78 is 0. The Kier molecular flexibility index (Phi) is 8.84. The molecule has 1 heterocycles. The Hall–Kier alpha value is -1.38. The molecule has 0 bridgehead atoms. The molecule has 0 unspecified atom stereocenters. The van der Waals surface area contributed by atoms with E-state index in [1.807, 2.05) is 45.9 Å². The average molecular weight is 265 g/mol. The van der Waals surface area contributed by atoms with Crippen molar-refractivity contribution >= 4 is 5.97 Å². The minimum absolute atomic E-state index is 0.441. The molecule has 19 heavy (non-hydrogen) atoms. The molecule has 0 aromatic carbocycles. The molecule has 0 saturated carbocycles. The van der Waals surface area contributed by atoms with Gasteiger partial charge in [0.05, 0.1) is 5.41 Å². The first-order valence-electron chi connectivity index (χ1n) is 7.13. The molecule has 0 amide bonds. The lowest BCUT2D eigenvalue weighted by molar-refractivity contribution is -0.150. The van der Waals surface area contributed by atoms with E-state index in [2.05, 4.69) is 4.98 Å². The highest BCUT2D eigenvalue weighted by atomic mass is 16.4. The number of hydrogen-bond donors (Lipinski definition) is 1. The van der Waals surface area contributed by atoms with E-state index in [0.29, 0.717) is 0 Å². The van der Waals surface area contributed by atoms with E-state index in [0.717, 1.165) is 37.8 Å². The number of nitrogens with zero attached hydrogens (tertiary/aromatic N) is 1. The quantitative estimate of drug-likeness (QED) is 0.826. The monoisotopic (exact) mass is 265 g/mol. The topological polar surface area (TPSA) is 50.2 Å². The van der Waals surface area contributed by atoms with Crippen LogP contribution in [-0.2, 0) is 4.79 Å². The normalized spacial score (nSPS) is 10.5. The van der Waals surface area contributed by atoms with Crippen LogP contribution in [0.5, 0.6) is 0 Å². The maximum Gasteiger partial charge on any atom is 0.309 e. The summed E-state index contributed by atoms with van der Waals surface area (Å²) in [6.45, 7) is 8.03. The summed E-state index contributed by atoms with van der Waals surface area (Å²) in [5, 5.41) is 9.09. The predicted octanol–water partition coefficient (Wildman–Crippen LogP) is 4.46. The van der Waals surface area contributed by atoms with Crippen LogP contribution in [-0.4, -0.2) is 16.1 Å². The van der Waals surface area contributed by atoms with Gasteiger partial charge in [-0.25, -0.2) is 0 Å².